The van der Waals surface area contributed by atoms with Crippen molar-refractivity contribution < 1.29 is 28.6 Å². The van der Waals surface area contributed by atoms with Gasteiger partial charge in [-0.3, -0.25) is 9.59 Å². The number of nitrogens with one attached hydrogen (secondary N) is 2. The van der Waals surface area contributed by atoms with Crippen LogP contribution >= 0.6 is 0 Å². The minimum absolute atomic E-state index is 0.0247. The number of likely N-dealkylation sites (N-methyl/N-ethyl adjacent to an activating group) is 1. The second-order valence-corrected chi connectivity index (χ2v) is 9.04. The summed E-state index contributed by atoms with van der Waals surface area (Å²) in [4.78, 5) is 41.5. The van der Waals surface area contributed by atoms with Crippen LogP contribution in [0.1, 0.15) is 38.1 Å². The number of nitrogens with zero attached hydrogens (tertiary/aromatic N) is 2. The molecule has 0 bridgehead atoms. The molecular weight excluding hydrogens is 440 g/mol. The van der Waals surface area contributed by atoms with Crippen molar-refractivity contribution in [2.75, 3.05) is 52.9 Å². The van der Waals surface area contributed by atoms with Crippen molar-refractivity contribution in [1.29, 1.82) is 0 Å². The molecule has 3 atom stereocenters. The largest absolute Gasteiger partial charge is 0.491 e. The van der Waals surface area contributed by atoms with Gasteiger partial charge >= 0.3 is 6.03 Å². The van der Waals surface area contributed by atoms with Crippen LogP contribution in [0.25, 0.3) is 0 Å². The third-order valence-corrected chi connectivity index (χ3v) is 5.71. The SMILES string of the molecule is COCC(=O)N1C[C@@H](C)[C@@H](OC)CN(C)C(=O)c2ccc(NC(=O)NC(C)C)cc2OC[C@@H]1C. The maximum atomic E-state index is 13.2. The van der Waals surface area contributed by atoms with Gasteiger partial charge < -0.3 is 34.6 Å². The summed E-state index contributed by atoms with van der Waals surface area (Å²) in [7, 11) is 4.79. The Morgan fingerprint density at radius 3 is 2.53 bits per heavy atom. The number of ether oxygens (including phenoxy) is 3. The van der Waals surface area contributed by atoms with Crippen molar-refractivity contribution in [3.05, 3.63) is 23.8 Å². The molecule has 0 fully saturated rings. The zero-order valence-corrected chi connectivity index (χ0v) is 21.2. The van der Waals surface area contributed by atoms with Crippen LogP contribution in [0.15, 0.2) is 18.2 Å². The summed E-state index contributed by atoms with van der Waals surface area (Å²) in [5.41, 5.74) is 0.852. The Kier molecular flexibility index (Phi) is 10.1. The van der Waals surface area contributed by atoms with Gasteiger partial charge in [-0.05, 0) is 32.9 Å². The molecule has 0 spiro atoms. The lowest BCUT2D eigenvalue weighted by molar-refractivity contribution is -0.139. The molecule has 0 aliphatic carbocycles. The molecule has 10 heteroatoms. The number of urea groups is 1. The summed E-state index contributed by atoms with van der Waals surface area (Å²) in [6.07, 6.45) is -0.275. The number of rotatable bonds is 5. The number of amides is 4. The number of carbonyl (C=O) groups excluding carboxylic acids is 3. The maximum Gasteiger partial charge on any atom is 0.319 e. The van der Waals surface area contributed by atoms with Crippen molar-refractivity contribution >= 4 is 23.5 Å². The topological polar surface area (TPSA) is 109 Å². The Morgan fingerprint density at radius 1 is 1.21 bits per heavy atom. The first-order chi connectivity index (χ1) is 16.1. The quantitative estimate of drug-likeness (QED) is 0.672. The first kappa shape index (κ1) is 27.4. The maximum absolute atomic E-state index is 13.2. The molecule has 0 saturated carbocycles. The van der Waals surface area contributed by atoms with Crippen molar-refractivity contribution in [3.63, 3.8) is 0 Å². The molecule has 1 aliphatic heterocycles. The second-order valence-electron chi connectivity index (χ2n) is 9.04. The predicted octanol–water partition coefficient (Wildman–Crippen LogP) is 2.20. The molecule has 1 heterocycles. The molecule has 0 radical (unpaired) electrons. The van der Waals surface area contributed by atoms with Gasteiger partial charge in [0.1, 0.15) is 19.0 Å². The molecule has 34 heavy (non-hydrogen) atoms. The van der Waals surface area contributed by atoms with E-state index in [4.69, 9.17) is 14.2 Å². The molecule has 1 aromatic rings. The lowest BCUT2D eigenvalue weighted by Crippen LogP contribution is -2.49. The molecule has 190 valence electrons. The number of benzene rings is 1. The van der Waals surface area contributed by atoms with Crippen LogP contribution in [-0.2, 0) is 14.3 Å². The molecule has 1 aliphatic rings. The molecule has 10 nitrogen and oxygen atoms in total. The van der Waals surface area contributed by atoms with Crippen LogP contribution < -0.4 is 15.4 Å². The summed E-state index contributed by atoms with van der Waals surface area (Å²) in [6, 6.07) is 4.25. The van der Waals surface area contributed by atoms with Gasteiger partial charge in [0.15, 0.2) is 0 Å². The van der Waals surface area contributed by atoms with Gasteiger partial charge in [-0.15, -0.1) is 0 Å². The Morgan fingerprint density at radius 2 is 1.91 bits per heavy atom. The number of hydrogen-bond acceptors (Lipinski definition) is 6. The molecule has 0 unspecified atom stereocenters. The minimum Gasteiger partial charge on any atom is -0.491 e. The van der Waals surface area contributed by atoms with Crippen molar-refractivity contribution in [1.82, 2.24) is 15.1 Å². The van der Waals surface area contributed by atoms with Crippen molar-refractivity contribution in [2.45, 2.75) is 45.9 Å². The van der Waals surface area contributed by atoms with Gasteiger partial charge in [-0.25, -0.2) is 4.79 Å². The summed E-state index contributed by atoms with van der Waals surface area (Å²) in [6.45, 7) is 8.50. The average Bonchev–Trinajstić information content (AvgIpc) is 2.77. The Bertz CT molecular complexity index is 862. The van der Waals surface area contributed by atoms with Gasteiger partial charge in [-0.1, -0.05) is 6.92 Å². The number of carbonyl (C=O) groups is 3. The van der Waals surface area contributed by atoms with Gasteiger partial charge in [0.2, 0.25) is 5.91 Å². The summed E-state index contributed by atoms with van der Waals surface area (Å²) in [5, 5.41) is 5.52. The minimum atomic E-state index is -0.354. The van der Waals surface area contributed by atoms with Gasteiger partial charge in [0.25, 0.3) is 5.91 Å². The van der Waals surface area contributed by atoms with Crippen LogP contribution in [0.2, 0.25) is 0 Å². The number of anilines is 1. The highest BCUT2D eigenvalue weighted by molar-refractivity contribution is 5.98. The van der Waals surface area contributed by atoms with Crippen LogP contribution in [0.4, 0.5) is 10.5 Å². The lowest BCUT2D eigenvalue weighted by Gasteiger charge is -2.36. The van der Waals surface area contributed by atoms with E-state index in [1.54, 1.807) is 42.2 Å². The smallest absolute Gasteiger partial charge is 0.319 e. The Hall–Kier alpha value is -2.85. The monoisotopic (exact) mass is 478 g/mol. The van der Waals surface area contributed by atoms with E-state index in [9.17, 15) is 14.4 Å². The fourth-order valence-corrected chi connectivity index (χ4v) is 3.83. The molecule has 2 N–H and O–H groups in total. The molecule has 0 aromatic heterocycles. The zero-order valence-electron chi connectivity index (χ0n) is 21.2. The number of fused-ring (bicyclic) bond motifs is 1. The fraction of sp³-hybridized carbons (Fsp3) is 0.625. The normalized spacial score (nSPS) is 21.8. The van der Waals surface area contributed by atoms with Gasteiger partial charge in [0, 0.05) is 58.1 Å². The Balaban J connectivity index is 2.41. The number of methoxy groups -OCH3 is 2. The van der Waals surface area contributed by atoms with E-state index < -0.39 is 0 Å². The molecule has 2 rings (SSSR count). The summed E-state index contributed by atoms with van der Waals surface area (Å²) < 4.78 is 16.8. The van der Waals surface area contributed by atoms with Crippen molar-refractivity contribution in [2.24, 2.45) is 5.92 Å². The highest BCUT2D eigenvalue weighted by atomic mass is 16.5. The third-order valence-electron chi connectivity index (χ3n) is 5.71. The van der Waals surface area contributed by atoms with Gasteiger partial charge in [0.05, 0.1) is 17.7 Å². The van der Waals surface area contributed by atoms with Crippen LogP contribution in [0.3, 0.4) is 0 Å². The first-order valence-corrected chi connectivity index (χ1v) is 11.5. The van der Waals surface area contributed by atoms with E-state index in [0.29, 0.717) is 30.1 Å². The summed E-state index contributed by atoms with van der Waals surface area (Å²) in [5.74, 6) is -0.0769. The standard InChI is InChI=1S/C24H38N4O6/c1-15(2)25-24(31)26-18-8-9-19-20(10-18)34-13-17(4)28(22(29)14-32-6)11-16(3)21(33-7)12-27(5)23(19)30/h8-10,15-17,21H,11-14H2,1-7H3,(H2,25,26,31)/t16-,17+,21+/m1/s1. The van der Waals surface area contributed by atoms with E-state index >= 15 is 0 Å². The highest BCUT2D eigenvalue weighted by Gasteiger charge is 2.30. The predicted molar refractivity (Wildman–Crippen MR) is 129 cm³/mol. The van der Waals surface area contributed by atoms with Gasteiger partial charge in [-0.2, -0.15) is 0 Å². The number of hydrogen-bond donors (Lipinski definition) is 2. The van der Waals surface area contributed by atoms with Crippen LogP contribution in [-0.4, -0.2) is 93.4 Å². The highest BCUT2D eigenvalue weighted by Crippen LogP contribution is 2.27. The lowest BCUT2D eigenvalue weighted by atomic mass is 10.0. The zero-order chi connectivity index (χ0) is 25.4. The van der Waals surface area contributed by atoms with E-state index in [1.165, 1.54) is 7.11 Å². The van der Waals surface area contributed by atoms with E-state index in [1.807, 2.05) is 27.7 Å². The van der Waals surface area contributed by atoms with Crippen LogP contribution in [0, 0.1) is 5.92 Å². The summed E-state index contributed by atoms with van der Waals surface area (Å²) >= 11 is 0. The van der Waals surface area contributed by atoms with Crippen molar-refractivity contribution in [3.8, 4) is 5.75 Å². The van der Waals surface area contributed by atoms with E-state index in [2.05, 4.69) is 10.6 Å². The fourth-order valence-electron chi connectivity index (χ4n) is 3.83. The molecule has 0 saturated heterocycles. The van der Waals surface area contributed by atoms with Crippen LogP contribution in [0.5, 0.6) is 5.75 Å². The molecule has 1 aromatic carbocycles. The Labute approximate surface area is 201 Å². The molecular formula is C24H38N4O6. The third kappa shape index (κ3) is 7.33. The van der Waals surface area contributed by atoms with E-state index in [0.717, 1.165) is 0 Å². The second kappa shape index (κ2) is 12.6. The average molecular weight is 479 g/mol. The van der Waals surface area contributed by atoms with E-state index in [-0.39, 0.29) is 55.2 Å². The first-order valence-electron chi connectivity index (χ1n) is 11.5. The molecule has 4 amide bonds.